The average Bonchev–Trinajstić information content (AvgIpc) is 3.11. The molecule has 0 spiro atoms. The number of amidine groups is 1. The minimum absolute atomic E-state index is 0.0140. The fourth-order valence-corrected chi connectivity index (χ4v) is 9.46. The Hall–Kier alpha value is -2.36. The second-order valence-electron chi connectivity index (χ2n) is 14.0. The lowest BCUT2D eigenvalue weighted by molar-refractivity contribution is 0.00817. The molecular weight excluding hydrogens is 521 g/mol. The van der Waals surface area contributed by atoms with E-state index in [1.165, 1.54) is 25.3 Å². The first kappa shape index (κ1) is 26.8. The number of carbonyl (C=O) groups is 1. The second kappa shape index (κ2) is 8.82. The van der Waals surface area contributed by atoms with E-state index < -0.39 is 32.3 Å². The van der Waals surface area contributed by atoms with Gasteiger partial charge < -0.3 is 14.4 Å². The van der Waals surface area contributed by atoms with Gasteiger partial charge in [-0.15, -0.1) is 0 Å². The van der Waals surface area contributed by atoms with E-state index in [4.69, 9.17) is 14.5 Å². The van der Waals surface area contributed by atoms with Crippen LogP contribution in [-0.2, 0) is 25.9 Å². The Balaban J connectivity index is 1.13. The maximum Gasteiger partial charge on any atom is 0.410 e. The molecule has 1 aromatic rings. The molecular formula is C29H40FN3O5S. The van der Waals surface area contributed by atoms with Gasteiger partial charge in [0.25, 0.3) is 6.02 Å². The van der Waals surface area contributed by atoms with Crippen LogP contribution >= 0.6 is 0 Å². The van der Waals surface area contributed by atoms with Gasteiger partial charge in [-0.3, -0.25) is 0 Å². The van der Waals surface area contributed by atoms with Crippen LogP contribution in [0.1, 0.15) is 83.8 Å². The summed E-state index contributed by atoms with van der Waals surface area (Å²) in [5.41, 5.74) is -0.742. The van der Waals surface area contributed by atoms with Crippen molar-refractivity contribution in [3.05, 3.63) is 35.1 Å². The normalized spacial score (nSPS) is 35.4. The summed E-state index contributed by atoms with van der Waals surface area (Å²) in [6.07, 6.45) is 5.28. The highest BCUT2D eigenvalue weighted by molar-refractivity contribution is 7.90. The van der Waals surface area contributed by atoms with Crippen LogP contribution in [0.4, 0.5) is 9.18 Å². The van der Waals surface area contributed by atoms with E-state index in [-0.39, 0.29) is 30.0 Å². The highest BCUT2D eigenvalue weighted by atomic mass is 32.2. The molecule has 4 bridgehead atoms. The average molecular weight is 562 g/mol. The maximum absolute atomic E-state index is 15.3. The van der Waals surface area contributed by atoms with Gasteiger partial charge in [-0.25, -0.2) is 27.3 Å². The Kier molecular flexibility index (Phi) is 6.07. The summed E-state index contributed by atoms with van der Waals surface area (Å²) in [5.74, 6) is 1.46. The zero-order chi connectivity index (χ0) is 28.0. The van der Waals surface area contributed by atoms with Crippen LogP contribution in [0.2, 0.25) is 0 Å². The van der Waals surface area contributed by atoms with Gasteiger partial charge in [0.1, 0.15) is 22.3 Å². The molecule has 2 heterocycles. The molecule has 1 N–H and O–H groups in total. The topological polar surface area (TPSA) is 97.3 Å². The number of halogens is 1. The molecule has 0 aromatic heterocycles. The molecule has 4 saturated carbocycles. The van der Waals surface area contributed by atoms with Gasteiger partial charge in [-0.2, -0.15) is 0 Å². The third-order valence-electron chi connectivity index (χ3n) is 9.50. The van der Waals surface area contributed by atoms with E-state index in [2.05, 4.69) is 4.72 Å². The molecule has 2 saturated heterocycles. The summed E-state index contributed by atoms with van der Waals surface area (Å²) in [7, 11) is -3.85. The maximum atomic E-state index is 15.3. The van der Waals surface area contributed by atoms with E-state index in [0.29, 0.717) is 36.4 Å². The summed E-state index contributed by atoms with van der Waals surface area (Å²) in [5, 5.41) is -0.982. The lowest BCUT2D eigenvalue weighted by Crippen LogP contribution is -2.59. The first-order chi connectivity index (χ1) is 18.1. The molecule has 39 heavy (non-hydrogen) atoms. The highest BCUT2D eigenvalue weighted by Crippen LogP contribution is 2.62. The predicted molar refractivity (Wildman–Crippen MR) is 145 cm³/mol. The van der Waals surface area contributed by atoms with E-state index >= 15 is 4.39 Å². The number of hydrogen-bond acceptors (Lipinski definition) is 6. The van der Waals surface area contributed by atoms with E-state index in [0.717, 1.165) is 18.4 Å². The van der Waals surface area contributed by atoms with Crippen LogP contribution in [0, 0.1) is 23.6 Å². The molecule has 2 unspecified atom stereocenters. The third-order valence-corrected chi connectivity index (χ3v) is 11.4. The molecule has 4 aliphatic carbocycles. The Morgan fingerprint density at radius 2 is 1.85 bits per heavy atom. The molecule has 6 fully saturated rings. The fraction of sp³-hybridized carbons (Fsp3) is 0.724. The summed E-state index contributed by atoms with van der Waals surface area (Å²) in [4.78, 5) is 18.8. The van der Waals surface area contributed by atoms with Crippen LogP contribution in [0.25, 0.3) is 0 Å². The van der Waals surface area contributed by atoms with E-state index in [9.17, 15) is 13.2 Å². The van der Waals surface area contributed by atoms with Crippen molar-refractivity contribution in [3.8, 4) is 0 Å². The standard InChI is InChI=1S/C29H40FN3O5S/c1-27(2,3)38-26(34)33-15-21(16-33)19-6-7-20(23(30)11-19)12-24-28(4,5)37-25(32-39(24,35)36)31-29-13-17-8-18(14-29)10-22(29)9-17/h6-7,11,17-18,21-22,24H,8-10,12-16H2,1-5H3,(H,31,32)/t17?,18?,22?,24-,29?/m1/s1. The quantitative estimate of drug-likeness (QED) is 0.573. The van der Waals surface area contributed by atoms with Gasteiger partial charge in [-0.1, -0.05) is 12.1 Å². The van der Waals surface area contributed by atoms with Crippen LogP contribution < -0.4 is 4.72 Å². The minimum Gasteiger partial charge on any atom is -0.457 e. The Morgan fingerprint density at radius 1 is 1.18 bits per heavy atom. The monoisotopic (exact) mass is 561 g/mol. The van der Waals surface area contributed by atoms with Crippen molar-refractivity contribution in [2.45, 2.75) is 101 Å². The molecule has 1 amide bonds. The lowest BCUT2D eigenvalue weighted by Gasteiger charge is -2.41. The number of rotatable bonds is 4. The molecule has 7 rings (SSSR count). The van der Waals surface area contributed by atoms with E-state index in [1.807, 2.05) is 26.8 Å². The van der Waals surface area contributed by atoms with Gasteiger partial charge >= 0.3 is 6.09 Å². The largest absolute Gasteiger partial charge is 0.457 e. The molecule has 8 nitrogen and oxygen atoms in total. The van der Waals surface area contributed by atoms with Crippen molar-refractivity contribution in [2.24, 2.45) is 22.7 Å². The number of aliphatic imine (C=N–C) groups is 1. The summed E-state index contributed by atoms with van der Waals surface area (Å²) < 4.78 is 56.3. The molecule has 2 aliphatic heterocycles. The van der Waals surface area contributed by atoms with Crippen LogP contribution in [0.5, 0.6) is 0 Å². The van der Waals surface area contributed by atoms with Crippen LogP contribution in [-0.4, -0.2) is 60.5 Å². The van der Waals surface area contributed by atoms with Crippen LogP contribution in [0.3, 0.4) is 0 Å². The van der Waals surface area contributed by atoms with E-state index in [1.54, 1.807) is 24.8 Å². The number of benzene rings is 1. The predicted octanol–water partition coefficient (Wildman–Crippen LogP) is 4.73. The SMILES string of the molecule is CC(C)(C)OC(=O)N1CC(c2ccc(C[C@@H]3C(C)(C)OC(=NC45CC6CC(CC4C6)C5)NS3(=O)=O)c(F)c2)C1. The van der Waals surface area contributed by atoms with Crippen LogP contribution in [0.15, 0.2) is 23.2 Å². The summed E-state index contributed by atoms with van der Waals surface area (Å²) >= 11 is 0. The van der Waals surface area contributed by atoms with Gasteiger partial charge in [0, 0.05) is 19.0 Å². The zero-order valence-corrected chi connectivity index (χ0v) is 24.3. The van der Waals surface area contributed by atoms with Crippen molar-refractivity contribution in [2.75, 3.05) is 13.1 Å². The van der Waals surface area contributed by atoms with Gasteiger partial charge in [0.15, 0.2) is 0 Å². The molecule has 0 radical (unpaired) electrons. The molecule has 214 valence electrons. The number of nitrogens with one attached hydrogen (secondary N) is 1. The first-order valence-electron chi connectivity index (χ1n) is 14.2. The number of amides is 1. The van der Waals surface area contributed by atoms with Crippen molar-refractivity contribution in [1.29, 1.82) is 0 Å². The Bertz CT molecular complexity index is 1300. The molecule has 6 aliphatic rings. The number of likely N-dealkylation sites (tertiary alicyclic amines) is 1. The van der Waals surface area contributed by atoms with Gasteiger partial charge in [-0.05, 0) is 108 Å². The molecule has 3 atom stereocenters. The van der Waals surface area contributed by atoms with Crippen molar-refractivity contribution in [3.63, 3.8) is 0 Å². The second-order valence-corrected chi connectivity index (χ2v) is 15.9. The minimum atomic E-state index is -3.85. The third kappa shape index (κ3) is 4.91. The summed E-state index contributed by atoms with van der Waals surface area (Å²) in [6.45, 7) is 9.87. The molecule has 10 heteroatoms. The Morgan fingerprint density at radius 3 is 2.44 bits per heavy atom. The number of hydrogen-bond donors (Lipinski definition) is 1. The number of sulfonamides is 1. The fourth-order valence-electron chi connectivity index (χ4n) is 7.79. The smallest absolute Gasteiger partial charge is 0.410 e. The molecule has 1 aromatic carbocycles. The Labute approximate surface area is 230 Å². The van der Waals surface area contributed by atoms with Gasteiger partial charge in [0.2, 0.25) is 10.0 Å². The number of carbonyl (C=O) groups excluding carboxylic acids is 1. The first-order valence-corrected chi connectivity index (χ1v) is 15.7. The van der Waals surface area contributed by atoms with Crippen molar-refractivity contribution in [1.82, 2.24) is 9.62 Å². The zero-order valence-electron chi connectivity index (χ0n) is 23.5. The van der Waals surface area contributed by atoms with Crippen molar-refractivity contribution >= 4 is 22.1 Å². The highest BCUT2D eigenvalue weighted by Gasteiger charge is 2.59. The lowest BCUT2D eigenvalue weighted by atomic mass is 9.81. The van der Waals surface area contributed by atoms with Crippen molar-refractivity contribution < 1.29 is 27.1 Å². The number of nitrogens with zero attached hydrogens (tertiary/aromatic N) is 2. The van der Waals surface area contributed by atoms with Gasteiger partial charge in [0.05, 0.1) is 5.54 Å². The number of ether oxygens (including phenoxy) is 2. The summed E-state index contributed by atoms with van der Waals surface area (Å²) in [6, 6.07) is 5.04.